The van der Waals surface area contributed by atoms with Crippen molar-refractivity contribution in [3.8, 4) is 0 Å². The van der Waals surface area contributed by atoms with Crippen molar-refractivity contribution in [1.29, 1.82) is 0 Å². The molecule has 0 unspecified atom stereocenters. The van der Waals surface area contributed by atoms with Gasteiger partial charge in [-0.25, -0.2) is 8.78 Å². The summed E-state index contributed by atoms with van der Waals surface area (Å²) in [6.45, 7) is 6.42. The van der Waals surface area contributed by atoms with Crippen LogP contribution in [0.4, 0.5) is 8.78 Å². The molecular weight excluding hydrogens is 340 g/mol. The van der Waals surface area contributed by atoms with Crippen LogP contribution in [0.5, 0.6) is 0 Å². The van der Waals surface area contributed by atoms with Gasteiger partial charge in [0.05, 0.1) is 16.4 Å². The summed E-state index contributed by atoms with van der Waals surface area (Å²) < 4.78 is 28.7. The molecule has 0 saturated carbocycles. The van der Waals surface area contributed by atoms with E-state index >= 15 is 0 Å². The van der Waals surface area contributed by atoms with Crippen LogP contribution in [0.25, 0.3) is 0 Å². The van der Waals surface area contributed by atoms with Gasteiger partial charge in [-0.3, -0.25) is 14.2 Å². The Labute approximate surface area is 144 Å². The molecule has 2 aromatic heterocycles. The molecule has 0 radical (unpaired) electrons. The number of halogens is 3. The molecule has 132 valence electrons. The molecule has 0 aliphatic rings. The van der Waals surface area contributed by atoms with Gasteiger partial charge in [0.2, 0.25) is 5.91 Å². The summed E-state index contributed by atoms with van der Waals surface area (Å²) in [7, 11) is 1.65. The fraction of sp³-hybridized carbons (Fsp3) is 0.533. The molecule has 0 aliphatic carbocycles. The summed E-state index contributed by atoms with van der Waals surface area (Å²) >= 11 is 5.84. The predicted octanol–water partition coefficient (Wildman–Crippen LogP) is 2.97. The van der Waals surface area contributed by atoms with Gasteiger partial charge >= 0.3 is 0 Å². The maximum atomic E-state index is 12.8. The van der Waals surface area contributed by atoms with Crippen molar-refractivity contribution in [2.45, 2.75) is 46.8 Å². The molecular formula is C15H20ClF2N5O. The predicted molar refractivity (Wildman–Crippen MR) is 86.0 cm³/mol. The number of likely N-dealkylation sites (N-methyl/N-ethyl adjacent to an activating group) is 1. The molecule has 2 rings (SSSR count). The number of nitrogens with zero attached hydrogens (tertiary/aromatic N) is 5. The van der Waals surface area contributed by atoms with Gasteiger partial charge in [0, 0.05) is 31.9 Å². The van der Waals surface area contributed by atoms with Crippen LogP contribution in [-0.2, 0) is 24.4 Å². The zero-order valence-electron chi connectivity index (χ0n) is 14.1. The first-order chi connectivity index (χ1) is 11.2. The maximum Gasteiger partial charge on any atom is 0.283 e. The van der Waals surface area contributed by atoms with Crippen LogP contribution >= 0.6 is 11.6 Å². The minimum atomic E-state index is -2.77. The van der Waals surface area contributed by atoms with Gasteiger partial charge in [0.15, 0.2) is 0 Å². The average Bonchev–Trinajstić information content (AvgIpc) is 3.02. The third kappa shape index (κ3) is 3.75. The first-order valence-corrected chi connectivity index (χ1v) is 7.90. The van der Waals surface area contributed by atoms with Crippen LogP contribution in [0.15, 0.2) is 6.20 Å². The second-order valence-electron chi connectivity index (χ2n) is 5.59. The highest BCUT2D eigenvalue weighted by atomic mass is 35.5. The van der Waals surface area contributed by atoms with Crippen molar-refractivity contribution in [3.63, 3.8) is 0 Å². The molecule has 24 heavy (non-hydrogen) atoms. The summed E-state index contributed by atoms with van der Waals surface area (Å²) in [6.07, 6.45) is -0.878. The van der Waals surface area contributed by atoms with Gasteiger partial charge in [-0.2, -0.15) is 10.2 Å². The van der Waals surface area contributed by atoms with E-state index in [1.54, 1.807) is 18.7 Å². The lowest BCUT2D eigenvalue weighted by molar-refractivity contribution is -0.131. The molecule has 0 bridgehead atoms. The Bertz CT molecular complexity index is 741. The minimum absolute atomic E-state index is 0.0967. The Morgan fingerprint density at radius 2 is 2.04 bits per heavy atom. The lowest BCUT2D eigenvalue weighted by atomic mass is 10.2. The number of aryl methyl sites for hydroxylation is 2. The smallest absolute Gasteiger partial charge is 0.283 e. The highest BCUT2D eigenvalue weighted by molar-refractivity contribution is 6.31. The SMILES string of the molecule is CCn1cc(CN(C)C(=O)Cn2nc(C(F)F)c(Cl)c2C)c(C)n1. The number of hydrogen-bond donors (Lipinski definition) is 0. The maximum absolute atomic E-state index is 12.8. The van der Waals surface area contributed by atoms with E-state index < -0.39 is 12.1 Å². The molecule has 0 fully saturated rings. The van der Waals surface area contributed by atoms with Crippen LogP contribution in [0.2, 0.25) is 5.02 Å². The quantitative estimate of drug-likeness (QED) is 0.796. The number of carbonyl (C=O) groups excluding carboxylic acids is 1. The third-order valence-corrected chi connectivity index (χ3v) is 4.32. The van der Waals surface area contributed by atoms with Gasteiger partial charge in [0.25, 0.3) is 6.43 Å². The van der Waals surface area contributed by atoms with Crippen molar-refractivity contribution < 1.29 is 13.6 Å². The zero-order valence-corrected chi connectivity index (χ0v) is 14.8. The molecule has 0 atom stereocenters. The monoisotopic (exact) mass is 359 g/mol. The molecule has 0 spiro atoms. The first-order valence-electron chi connectivity index (χ1n) is 7.52. The molecule has 6 nitrogen and oxygen atoms in total. The van der Waals surface area contributed by atoms with E-state index in [0.29, 0.717) is 12.2 Å². The van der Waals surface area contributed by atoms with Gasteiger partial charge < -0.3 is 4.90 Å². The van der Waals surface area contributed by atoms with Crippen LogP contribution in [0, 0.1) is 13.8 Å². The molecule has 0 saturated heterocycles. The van der Waals surface area contributed by atoms with Crippen LogP contribution in [0.3, 0.4) is 0 Å². The van der Waals surface area contributed by atoms with E-state index in [1.807, 2.05) is 20.0 Å². The lowest BCUT2D eigenvalue weighted by Crippen LogP contribution is -2.30. The molecule has 0 N–H and O–H groups in total. The van der Waals surface area contributed by atoms with Crippen molar-refractivity contribution in [3.05, 3.63) is 33.9 Å². The number of carbonyl (C=O) groups is 1. The van der Waals surface area contributed by atoms with Gasteiger partial charge in [-0.15, -0.1) is 0 Å². The van der Waals surface area contributed by atoms with Crippen molar-refractivity contribution in [2.75, 3.05) is 7.05 Å². The molecule has 0 aromatic carbocycles. The Balaban J connectivity index is 2.09. The van der Waals surface area contributed by atoms with Crippen molar-refractivity contribution in [1.82, 2.24) is 24.5 Å². The Morgan fingerprint density at radius 1 is 1.38 bits per heavy atom. The fourth-order valence-electron chi connectivity index (χ4n) is 2.31. The largest absolute Gasteiger partial charge is 0.340 e. The highest BCUT2D eigenvalue weighted by Gasteiger charge is 2.22. The first kappa shape index (κ1) is 18.4. The molecule has 9 heteroatoms. The van der Waals surface area contributed by atoms with Gasteiger partial charge in [-0.05, 0) is 20.8 Å². The normalized spacial score (nSPS) is 11.3. The molecule has 2 aromatic rings. The van der Waals surface area contributed by atoms with E-state index in [0.717, 1.165) is 17.8 Å². The number of aromatic nitrogens is 4. The zero-order chi connectivity index (χ0) is 18.0. The Morgan fingerprint density at radius 3 is 2.54 bits per heavy atom. The topological polar surface area (TPSA) is 56.0 Å². The van der Waals surface area contributed by atoms with Crippen LogP contribution in [-0.4, -0.2) is 37.4 Å². The Hall–Kier alpha value is -1.96. The summed E-state index contributed by atoms with van der Waals surface area (Å²) in [5.74, 6) is -0.248. The summed E-state index contributed by atoms with van der Waals surface area (Å²) in [5.41, 5.74) is 1.65. The van der Waals surface area contributed by atoms with E-state index in [9.17, 15) is 13.6 Å². The minimum Gasteiger partial charge on any atom is -0.340 e. The van der Waals surface area contributed by atoms with Crippen LogP contribution in [0.1, 0.15) is 36.0 Å². The van der Waals surface area contributed by atoms with Crippen molar-refractivity contribution >= 4 is 17.5 Å². The molecule has 1 amide bonds. The van der Waals surface area contributed by atoms with E-state index in [1.165, 1.54) is 9.58 Å². The van der Waals surface area contributed by atoms with E-state index in [2.05, 4.69) is 10.2 Å². The van der Waals surface area contributed by atoms with Gasteiger partial charge in [-0.1, -0.05) is 11.6 Å². The van der Waals surface area contributed by atoms with E-state index in [-0.39, 0.29) is 17.5 Å². The molecule has 2 heterocycles. The number of rotatable bonds is 6. The average molecular weight is 360 g/mol. The summed E-state index contributed by atoms with van der Waals surface area (Å²) in [4.78, 5) is 13.9. The fourth-order valence-corrected chi connectivity index (χ4v) is 2.53. The second-order valence-corrected chi connectivity index (χ2v) is 5.97. The highest BCUT2D eigenvalue weighted by Crippen LogP contribution is 2.28. The Kier molecular flexibility index (Phi) is 5.58. The number of amides is 1. The lowest BCUT2D eigenvalue weighted by Gasteiger charge is -2.17. The summed E-state index contributed by atoms with van der Waals surface area (Å²) in [6, 6.07) is 0. The van der Waals surface area contributed by atoms with Gasteiger partial charge in [0.1, 0.15) is 12.2 Å². The van der Waals surface area contributed by atoms with Crippen LogP contribution < -0.4 is 0 Å². The van der Waals surface area contributed by atoms with Crippen molar-refractivity contribution in [2.24, 2.45) is 0 Å². The second kappa shape index (κ2) is 7.29. The number of alkyl halides is 2. The third-order valence-electron chi connectivity index (χ3n) is 3.86. The molecule has 0 aliphatic heterocycles. The summed E-state index contributed by atoms with van der Waals surface area (Å²) in [5, 5.41) is 7.98. The van der Waals surface area contributed by atoms with E-state index in [4.69, 9.17) is 11.6 Å². The number of hydrogen-bond acceptors (Lipinski definition) is 3. The standard InChI is InChI=1S/C15H20ClF2N5O/c1-5-22-7-11(9(2)19-22)6-21(4)12(24)8-23-10(3)13(16)14(20-23)15(17)18/h7,15H,5-6,8H2,1-4H3.